The number of benzene rings is 2. The van der Waals surface area contributed by atoms with Gasteiger partial charge in [-0.25, -0.2) is 14.2 Å². The summed E-state index contributed by atoms with van der Waals surface area (Å²) in [5.41, 5.74) is 2.24. The summed E-state index contributed by atoms with van der Waals surface area (Å²) in [7, 11) is 0. The Morgan fingerprint density at radius 1 is 0.821 bits per heavy atom. The molecule has 8 nitrogen and oxygen atoms in total. The van der Waals surface area contributed by atoms with Crippen molar-refractivity contribution in [1.29, 1.82) is 0 Å². The molecule has 0 saturated heterocycles. The number of carbonyl (C=O) groups is 1. The van der Waals surface area contributed by atoms with Gasteiger partial charge in [0, 0.05) is 0 Å². The van der Waals surface area contributed by atoms with Crippen molar-refractivity contribution in [1.82, 2.24) is 30.0 Å². The molecule has 4 rings (SSSR count). The molecule has 0 aliphatic heterocycles. The lowest BCUT2D eigenvalue weighted by Crippen LogP contribution is -2.00. The average Bonchev–Trinajstić information content (AvgIpc) is 3.33. The molecule has 0 aliphatic rings. The van der Waals surface area contributed by atoms with Crippen molar-refractivity contribution < 1.29 is 9.90 Å². The topological polar surface area (TPSA) is 98.7 Å². The van der Waals surface area contributed by atoms with Crippen LogP contribution in [0.4, 0.5) is 0 Å². The van der Waals surface area contributed by atoms with Gasteiger partial charge in [0.15, 0.2) is 5.69 Å². The first kappa shape index (κ1) is 19.4. The predicted molar refractivity (Wildman–Crippen MR) is 106 cm³/mol. The molecule has 28 heavy (non-hydrogen) atoms. The zero-order valence-electron chi connectivity index (χ0n) is 14.8. The summed E-state index contributed by atoms with van der Waals surface area (Å²) in [6, 6.07) is 19.8. The molecule has 2 heterocycles. The van der Waals surface area contributed by atoms with Gasteiger partial charge in [0.25, 0.3) is 0 Å². The van der Waals surface area contributed by atoms with E-state index in [4.69, 9.17) is 5.11 Å². The second kappa shape index (κ2) is 9.56. The normalized spacial score (nSPS) is 10.2. The van der Waals surface area contributed by atoms with E-state index in [-0.39, 0.29) is 5.69 Å². The molecule has 142 valence electrons. The van der Waals surface area contributed by atoms with Gasteiger partial charge < -0.3 is 5.11 Å². The summed E-state index contributed by atoms with van der Waals surface area (Å²) in [4.78, 5) is 10.6. The van der Waals surface area contributed by atoms with Gasteiger partial charge in [0.1, 0.15) is 4.60 Å². The molecule has 0 unspecified atom stereocenters. The molecule has 0 saturated carbocycles. The number of nitrogens with zero attached hydrogens (tertiary/aromatic N) is 6. The number of carboxylic acid groups (broad SMARTS) is 1. The third-order valence-corrected chi connectivity index (χ3v) is 4.01. The molecule has 2 aromatic carbocycles. The van der Waals surface area contributed by atoms with Gasteiger partial charge in [0.05, 0.1) is 25.5 Å². The Kier molecular flexibility index (Phi) is 6.64. The summed E-state index contributed by atoms with van der Waals surface area (Å²) in [5.74, 6) is -1.06. The fraction of sp³-hybridized carbons (Fsp3) is 0.105. The summed E-state index contributed by atoms with van der Waals surface area (Å²) in [6.07, 6.45) is 3.27. The van der Waals surface area contributed by atoms with Crippen LogP contribution in [0.15, 0.2) is 77.7 Å². The molecule has 0 bridgehead atoms. The number of hydrogen-bond acceptors (Lipinski definition) is 5. The molecule has 0 spiro atoms. The molecular weight excluding hydrogens is 424 g/mol. The van der Waals surface area contributed by atoms with E-state index in [1.165, 1.54) is 16.4 Å². The number of carboxylic acids is 1. The Labute approximate surface area is 169 Å². The van der Waals surface area contributed by atoms with Gasteiger partial charge in [0.2, 0.25) is 0 Å². The van der Waals surface area contributed by atoms with Crippen LogP contribution in [-0.2, 0) is 13.1 Å². The Morgan fingerprint density at radius 3 is 1.75 bits per heavy atom. The van der Waals surface area contributed by atoms with Crippen molar-refractivity contribution in [3.63, 3.8) is 0 Å². The van der Waals surface area contributed by atoms with E-state index >= 15 is 0 Å². The lowest BCUT2D eigenvalue weighted by molar-refractivity contribution is 0.0690. The first-order chi connectivity index (χ1) is 13.6. The van der Waals surface area contributed by atoms with Gasteiger partial charge in [-0.3, -0.25) is 0 Å². The molecule has 0 radical (unpaired) electrons. The van der Waals surface area contributed by atoms with Crippen molar-refractivity contribution in [3.8, 4) is 0 Å². The average molecular weight is 441 g/mol. The number of halogens is 1. The summed E-state index contributed by atoms with van der Waals surface area (Å²) in [6.45, 7) is 1.29. The van der Waals surface area contributed by atoms with Gasteiger partial charge in [-0.15, -0.1) is 10.2 Å². The van der Waals surface area contributed by atoms with Gasteiger partial charge in [-0.1, -0.05) is 71.1 Å². The molecule has 9 heteroatoms. The highest BCUT2D eigenvalue weighted by molar-refractivity contribution is 9.10. The molecule has 1 N–H and O–H groups in total. The van der Waals surface area contributed by atoms with Crippen LogP contribution in [0, 0.1) is 0 Å². The Bertz CT molecular complexity index is 1020. The van der Waals surface area contributed by atoms with Crippen LogP contribution in [0.5, 0.6) is 0 Å². The van der Waals surface area contributed by atoms with E-state index in [0.29, 0.717) is 6.54 Å². The molecule has 0 atom stereocenters. The van der Waals surface area contributed by atoms with Crippen LogP contribution in [0.25, 0.3) is 0 Å². The minimum Gasteiger partial charge on any atom is -0.476 e. The Hall–Kier alpha value is -3.33. The minimum absolute atomic E-state index is 0.0362. The van der Waals surface area contributed by atoms with E-state index in [1.54, 1.807) is 4.68 Å². The predicted octanol–water partition coefficient (Wildman–Crippen LogP) is 3.11. The van der Waals surface area contributed by atoms with E-state index in [9.17, 15) is 4.79 Å². The Balaban J connectivity index is 0.000000162. The van der Waals surface area contributed by atoms with Crippen molar-refractivity contribution in [3.05, 3.63) is 94.5 Å². The van der Waals surface area contributed by atoms with Crippen molar-refractivity contribution in [2.75, 3.05) is 0 Å². The van der Waals surface area contributed by atoms with Crippen molar-refractivity contribution >= 4 is 21.9 Å². The number of aromatic carboxylic acids is 1. The van der Waals surface area contributed by atoms with Crippen LogP contribution in [0.1, 0.15) is 21.6 Å². The van der Waals surface area contributed by atoms with E-state index in [2.05, 4.69) is 48.7 Å². The maximum atomic E-state index is 10.6. The zero-order valence-corrected chi connectivity index (χ0v) is 16.3. The fourth-order valence-corrected chi connectivity index (χ4v) is 2.67. The number of aromatic nitrogens is 6. The molecule has 0 amide bonds. The van der Waals surface area contributed by atoms with Gasteiger partial charge in [-0.2, -0.15) is 0 Å². The lowest BCUT2D eigenvalue weighted by atomic mass is 10.2. The van der Waals surface area contributed by atoms with E-state index in [1.807, 2.05) is 54.7 Å². The highest BCUT2D eigenvalue weighted by atomic mass is 79.9. The van der Waals surface area contributed by atoms with Crippen LogP contribution < -0.4 is 0 Å². The highest BCUT2D eigenvalue weighted by Gasteiger charge is 2.07. The molecule has 2 aromatic heterocycles. The molecular formula is C19H17BrN6O2. The van der Waals surface area contributed by atoms with E-state index in [0.717, 1.165) is 16.7 Å². The first-order valence-corrected chi connectivity index (χ1v) is 9.16. The van der Waals surface area contributed by atoms with Crippen molar-refractivity contribution in [2.24, 2.45) is 0 Å². The van der Waals surface area contributed by atoms with Crippen LogP contribution in [0.3, 0.4) is 0 Å². The van der Waals surface area contributed by atoms with Gasteiger partial charge >= 0.3 is 5.97 Å². The lowest BCUT2D eigenvalue weighted by Gasteiger charge is -1.98. The van der Waals surface area contributed by atoms with Crippen LogP contribution >= 0.6 is 15.9 Å². The smallest absolute Gasteiger partial charge is 0.358 e. The third-order valence-electron chi connectivity index (χ3n) is 3.64. The minimum atomic E-state index is -1.06. The quantitative estimate of drug-likeness (QED) is 0.511. The maximum Gasteiger partial charge on any atom is 0.358 e. The maximum absolute atomic E-state index is 10.6. The second-order valence-electron chi connectivity index (χ2n) is 5.82. The molecule has 4 aromatic rings. The molecule has 0 fully saturated rings. The second-order valence-corrected chi connectivity index (χ2v) is 6.63. The fourth-order valence-electron chi connectivity index (χ4n) is 2.37. The summed E-state index contributed by atoms with van der Waals surface area (Å²) in [5, 5.41) is 23.7. The Morgan fingerprint density at radius 2 is 1.32 bits per heavy atom. The standard InChI is InChI=1S/C10H9N3O2.C9H8BrN3/c14-10(15)9-7-13(12-11-9)6-8-4-2-1-3-5-8;10-9-7-13(12-11-9)6-8-4-2-1-3-5-8/h1-5,7H,6H2,(H,14,15);1-5,7H,6H2. The number of rotatable bonds is 5. The van der Waals surface area contributed by atoms with Crippen LogP contribution in [0.2, 0.25) is 0 Å². The monoisotopic (exact) mass is 440 g/mol. The highest BCUT2D eigenvalue weighted by Crippen LogP contribution is 2.05. The van der Waals surface area contributed by atoms with Gasteiger partial charge in [-0.05, 0) is 27.1 Å². The summed E-state index contributed by atoms with van der Waals surface area (Å²) < 4.78 is 4.06. The third kappa shape index (κ3) is 5.85. The molecule has 0 aliphatic carbocycles. The SMILES string of the molecule is Brc1cn(Cc2ccccc2)nn1.O=C(O)c1cn(Cc2ccccc2)nn1. The van der Waals surface area contributed by atoms with E-state index < -0.39 is 5.97 Å². The number of hydrogen-bond donors (Lipinski definition) is 1. The zero-order chi connectivity index (χ0) is 19.8. The van der Waals surface area contributed by atoms with Crippen LogP contribution in [-0.4, -0.2) is 41.1 Å². The van der Waals surface area contributed by atoms with Crippen molar-refractivity contribution in [2.45, 2.75) is 13.1 Å². The first-order valence-electron chi connectivity index (χ1n) is 8.37. The largest absolute Gasteiger partial charge is 0.476 e. The summed E-state index contributed by atoms with van der Waals surface area (Å²) >= 11 is 3.25.